The van der Waals surface area contributed by atoms with E-state index in [0.717, 1.165) is 36.1 Å². The number of hydrogen-bond donors (Lipinski definition) is 2. The summed E-state index contributed by atoms with van der Waals surface area (Å²) in [6.45, 7) is 0. The molecule has 0 aliphatic heterocycles. The van der Waals surface area contributed by atoms with Gasteiger partial charge < -0.3 is 19.3 Å². The fourth-order valence-corrected chi connectivity index (χ4v) is 6.24. The maximum atomic E-state index is 13.5. The number of amides is 1. The zero-order valence-electron chi connectivity index (χ0n) is 19.9. The summed E-state index contributed by atoms with van der Waals surface area (Å²) >= 11 is 0. The fraction of sp³-hybridized carbons (Fsp3) is 0.385. The van der Waals surface area contributed by atoms with Gasteiger partial charge >= 0.3 is 0 Å². The molecule has 8 nitrogen and oxygen atoms in total. The molecular formula is C26H27N3O5S. The van der Waals surface area contributed by atoms with Crippen molar-refractivity contribution >= 4 is 22.7 Å². The van der Waals surface area contributed by atoms with Gasteiger partial charge in [0.15, 0.2) is 22.6 Å². The quantitative estimate of drug-likeness (QED) is 0.508. The number of nitrogens with one attached hydrogen (secondary N) is 2. The Bertz CT molecular complexity index is 1350. The summed E-state index contributed by atoms with van der Waals surface area (Å²) < 4.78 is 33.4. The highest BCUT2D eigenvalue weighted by molar-refractivity contribution is 7.86. The van der Waals surface area contributed by atoms with Crippen molar-refractivity contribution in [1.82, 2.24) is 10.5 Å². The SMILES string of the molecule is CNC(=O)c1cc(OC)c(S(=O)Nc2noc3c2CC2(CC2)c2ccc(C4CC4)cc2-3)c(OC)c1. The topological polar surface area (TPSA) is 103 Å². The summed E-state index contributed by atoms with van der Waals surface area (Å²) in [5.41, 5.74) is 5.22. The highest BCUT2D eigenvalue weighted by atomic mass is 32.2. The molecule has 9 heteroatoms. The molecule has 3 aliphatic carbocycles. The maximum Gasteiger partial charge on any atom is 0.251 e. The predicted octanol–water partition coefficient (Wildman–Crippen LogP) is 4.32. The Morgan fingerprint density at radius 1 is 1.14 bits per heavy atom. The first kappa shape index (κ1) is 22.2. The molecule has 2 fully saturated rings. The van der Waals surface area contributed by atoms with E-state index in [4.69, 9.17) is 14.0 Å². The molecule has 1 spiro atoms. The maximum absolute atomic E-state index is 13.5. The summed E-state index contributed by atoms with van der Waals surface area (Å²) in [6.07, 6.45) is 5.52. The number of aromatic nitrogens is 1. The van der Waals surface area contributed by atoms with E-state index in [1.54, 1.807) is 19.2 Å². The zero-order chi connectivity index (χ0) is 24.3. The van der Waals surface area contributed by atoms with Crippen molar-refractivity contribution in [2.75, 3.05) is 26.0 Å². The van der Waals surface area contributed by atoms with Crippen molar-refractivity contribution in [3.05, 3.63) is 52.6 Å². The molecule has 3 aliphatic rings. The van der Waals surface area contributed by atoms with Gasteiger partial charge in [-0.3, -0.25) is 9.52 Å². The van der Waals surface area contributed by atoms with Gasteiger partial charge in [0.25, 0.3) is 5.91 Å². The second-order valence-electron chi connectivity index (χ2n) is 9.54. The normalized spacial score (nSPS) is 17.8. The highest BCUT2D eigenvalue weighted by Gasteiger charge is 2.50. The van der Waals surface area contributed by atoms with Gasteiger partial charge in [-0.2, -0.15) is 0 Å². The Balaban J connectivity index is 1.37. The first-order chi connectivity index (χ1) is 17.0. The third-order valence-corrected chi connectivity index (χ3v) is 8.54. The van der Waals surface area contributed by atoms with Crippen molar-refractivity contribution in [3.8, 4) is 22.8 Å². The van der Waals surface area contributed by atoms with E-state index >= 15 is 0 Å². The molecule has 2 saturated carbocycles. The third kappa shape index (κ3) is 3.60. The minimum Gasteiger partial charge on any atom is -0.495 e. The number of nitrogens with zero attached hydrogens (tertiary/aromatic N) is 1. The number of anilines is 1. The molecule has 0 bridgehead atoms. The molecular weight excluding hydrogens is 466 g/mol. The lowest BCUT2D eigenvalue weighted by Crippen LogP contribution is -2.19. The molecule has 3 aromatic rings. The number of hydrogen-bond acceptors (Lipinski definition) is 6. The molecule has 35 heavy (non-hydrogen) atoms. The average Bonchev–Trinajstić information content (AvgIpc) is 3.81. The minimum atomic E-state index is -1.78. The molecule has 0 saturated heterocycles. The van der Waals surface area contributed by atoms with Gasteiger partial charge in [0.1, 0.15) is 16.4 Å². The Morgan fingerprint density at radius 2 is 1.86 bits per heavy atom. The van der Waals surface area contributed by atoms with Crippen LogP contribution in [0.1, 0.15) is 58.6 Å². The summed E-state index contributed by atoms with van der Waals surface area (Å²) in [5.74, 6) is 2.14. The number of benzene rings is 2. The van der Waals surface area contributed by atoms with Gasteiger partial charge in [0.2, 0.25) is 0 Å². The Morgan fingerprint density at radius 3 is 2.46 bits per heavy atom. The molecule has 1 amide bonds. The lowest BCUT2D eigenvalue weighted by atomic mass is 9.78. The average molecular weight is 494 g/mol. The summed E-state index contributed by atoms with van der Waals surface area (Å²) in [6, 6.07) is 9.90. The fourth-order valence-electron chi connectivity index (χ4n) is 5.16. The summed E-state index contributed by atoms with van der Waals surface area (Å²) in [7, 11) is 2.70. The summed E-state index contributed by atoms with van der Waals surface area (Å²) in [5, 5.41) is 6.87. The van der Waals surface area contributed by atoms with E-state index in [0.29, 0.717) is 22.2 Å². The van der Waals surface area contributed by atoms with Crippen molar-refractivity contribution in [2.45, 2.75) is 48.3 Å². The van der Waals surface area contributed by atoms with E-state index in [2.05, 4.69) is 33.4 Å². The lowest BCUT2D eigenvalue weighted by molar-refractivity contribution is 0.0962. The first-order valence-electron chi connectivity index (χ1n) is 11.8. The number of fused-ring (bicyclic) bond motifs is 4. The van der Waals surface area contributed by atoms with Gasteiger partial charge in [-0.15, -0.1) is 0 Å². The number of carbonyl (C=O) groups is 1. The van der Waals surface area contributed by atoms with E-state index < -0.39 is 11.0 Å². The number of ether oxygens (including phenoxy) is 2. The minimum absolute atomic E-state index is 0.110. The van der Waals surface area contributed by atoms with Crippen molar-refractivity contribution in [2.24, 2.45) is 0 Å². The largest absolute Gasteiger partial charge is 0.495 e. The van der Waals surface area contributed by atoms with Crippen LogP contribution in [0.5, 0.6) is 11.5 Å². The molecule has 2 N–H and O–H groups in total. The molecule has 2 aromatic carbocycles. The van der Waals surface area contributed by atoms with Crippen LogP contribution >= 0.6 is 0 Å². The van der Waals surface area contributed by atoms with Crippen LogP contribution < -0.4 is 19.5 Å². The van der Waals surface area contributed by atoms with Crippen LogP contribution in [0.15, 0.2) is 39.8 Å². The molecule has 1 aromatic heterocycles. The number of carbonyl (C=O) groups excluding carboxylic acids is 1. The van der Waals surface area contributed by atoms with Crippen LogP contribution in [0.25, 0.3) is 11.3 Å². The van der Waals surface area contributed by atoms with E-state index in [9.17, 15) is 9.00 Å². The predicted molar refractivity (Wildman–Crippen MR) is 131 cm³/mol. The molecule has 1 unspecified atom stereocenters. The Labute approximate surface area is 206 Å². The Hall–Kier alpha value is -3.33. The molecule has 0 radical (unpaired) electrons. The van der Waals surface area contributed by atoms with Crippen LogP contribution in [-0.4, -0.2) is 36.5 Å². The van der Waals surface area contributed by atoms with Crippen LogP contribution in [0.2, 0.25) is 0 Å². The highest BCUT2D eigenvalue weighted by Crippen LogP contribution is 2.59. The van der Waals surface area contributed by atoms with Gasteiger partial charge in [-0.05, 0) is 67.3 Å². The van der Waals surface area contributed by atoms with Crippen molar-refractivity contribution < 1.29 is 23.0 Å². The smallest absolute Gasteiger partial charge is 0.251 e. The van der Waals surface area contributed by atoms with Gasteiger partial charge in [0.05, 0.1) is 14.2 Å². The lowest BCUT2D eigenvalue weighted by Gasteiger charge is -2.25. The van der Waals surface area contributed by atoms with Gasteiger partial charge in [-0.25, -0.2) is 4.21 Å². The molecule has 6 rings (SSSR count). The van der Waals surface area contributed by atoms with E-state index in [1.807, 2.05) is 0 Å². The molecule has 182 valence electrons. The molecule has 1 atom stereocenters. The second kappa shape index (κ2) is 8.12. The van der Waals surface area contributed by atoms with Crippen molar-refractivity contribution in [1.29, 1.82) is 0 Å². The molecule has 1 heterocycles. The van der Waals surface area contributed by atoms with Crippen LogP contribution in [0.3, 0.4) is 0 Å². The monoisotopic (exact) mass is 493 g/mol. The number of methoxy groups -OCH3 is 2. The Kier molecular flexibility index (Phi) is 5.14. The van der Waals surface area contributed by atoms with Crippen molar-refractivity contribution in [3.63, 3.8) is 0 Å². The van der Waals surface area contributed by atoms with Gasteiger partial charge in [0, 0.05) is 29.2 Å². The van der Waals surface area contributed by atoms with Crippen LogP contribution in [0.4, 0.5) is 5.82 Å². The first-order valence-corrected chi connectivity index (χ1v) is 12.9. The number of rotatable bonds is 7. The van der Waals surface area contributed by atoms with Crippen LogP contribution in [-0.2, 0) is 22.8 Å². The van der Waals surface area contributed by atoms with E-state index in [1.165, 1.54) is 38.2 Å². The summed E-state index contributed by atoms with van der Waals surface area (Å²) in [4.78, 5) is 12.4. The standard InChI is InChI=1S/C26H27N3O5S/c1-27-25(30)16-11-20(32-2)23(21(12-16)33-3)35(31)29-24-18-13-26(8-9-26)19-7-6-15(14-4-5-14)10-17(19)22(18)34-28-24/h6-7,10-12,14H,4-5,8-9,13H2,1-3H3,(H,27,30)(H,28,29). The van der Waals surface area contributed by atoms with E-state index in [-0.39, 0.29) is 22.8 Å². The van der Waals surface area contributed by atoms with Gasteiger partial charge in [-0.1, -0.05) is 17.3 Å². The second-order valence-corrected chi connectivity index (χ2v) is 10.7. The third-order valence-electron chi connectivity index (χ3n) is 7.39. The van der Waals surface area contributed by atoms with Crippen LogP contribution in [0, 0.1) is 0 Å². The zero-order valence-corrected chi connectivity index (χ0v) is 20.7.